The summed E-state index contributed by atoms with van der Waals surface area (Å²) >= 11 is 5.52. The summed E-state index contributed by atoms with van der Waals surface area (Å²) in [6.45, 7) is 5.37. The number of nitro groups is 1. The van der Waals surface area contributed by atoms with Crippen LogP contribution < -0.4 is 4.94 Å². The van der Waals surface area contributed by atoms with Crippen LogP contribution in [0.2, 0.25) is 0 Å². The number of nitrogens with one attached hydrogen (secondary N) is 1. The summed E-state index contributed by atoms with van der Waals surface area (Å²) in [4.78, 5) is 24.5. The Morgan fingerprint density at radius 2 is 2.06 bits per heavy atom. The molecule has 0 aliphatic rings. The summed E-state index contributed by atoms with van der Waals surface area (Å²) in [5, 5.41) is 11.9. The summed E-state index contributed by atoms with van der Waals surface area (Å²) < 4.78 is 0. The van der Waals surface area contributed by atoms with Crippen molar-refractivity contribution in [1.82, 2.24) is 9.95 Å². The molecule has 0 unspecified atom stereocenters. The van der Waals surface area contributed by atoms with E-state index in [1.165, 1.54) is 29.3 Å². The van der Waals surface area contributed by atoms with E-state index in [0.717, 1.165) is 0 Å². The van der Waals surface area contributed by atoms with Gasteiger partial charge >= 0.3 is 0 Å². The zero-order valence-electron chi connectivity index (χ0n) is 10.3. The van der Waals surface area contributed by atoms with Crippen molar-refractivity contribution in [2.75, 3.05) is 0 Å². The molecule has 1 rings (SSSR count). The molecule has 0 fully saturated rings. The lowest BCUT2D eigenvalue weighted by Crippen LogP contribution is -2.50. The predicted molar refractivity (Wildman–Crippen MR) is 68.0 cm³/mol. The Morgan fingerprint density at radius 3 is 2.50 bits per heavy atom. The molecule has 1 N–H and O–H groups in total. The predicted octanol–water partition coefficient (Wildman–Crippen LogP) is 2.49. The quantitative estimate of drug-likeness (QED) is 0.521. The van der Waals surface area contributed by atoms with Crippen LogP contribution in [-0.4, -0.2) is 21.4 Å². The summed E-state index contributed by atoms with van der Waals surface area (Å²) in [7, 11) is 0. The number of nitrogens with zero attached hydrogens (tertiary/aromatic N) is 2. The van der Waals surface area contributed by atoms with E-state index in [4.69, 9.17) is 11.8 Å². The van der Waals surface area contributed by atoms with E-state index in [2.05, 4.69) is 4.94 Å². The molecular weight excluding hydrogens is 258 g/mol. The molecule has 0 saturated heterocycles. The Hall–Kier alpha value is -1.66. The van der Waals surface area contributed by atoms with Crippen molar-refractivity contribution in [3.63, 3.8) is 0 Å². The van der Waals surface area contributed by atoms with Gasteiger partial charge in [0.1, 0.15) is 0 Å². The van der Waals surface area contributed by atoms with Gasteiger partial charge in [-0.05, 0) is 38.6 Å². The summed E-state index contributed by atoms with van der Waals surface area (Å²) in [6.07, 6.45) is 0. The van der Waals surface area contributed by atoms with Gasteiger partial charge in [-0.2, -0.15) is 0 Å². The molecule has 0 spiro atoms. The number of carbonyl (C=O) groups is 1. The fourth-order valence-electron chi connectivity index (χ4n) is 1.35. The van der Waals surface area contributed by atoms with Gasteiger partial charge in [-0.25, -0.2) is 0 Å². The Morgan fingerprint density at radius 1 is 1.44 bits per heavy atom. The van der Waals surface area contributed by atoms with Crippen molar-refractivity contribution < 1.29 is 9.72 Å². The van der Waals surface area contributed by atoms with Crippen molar-refractivity contribution >= 4 is 23.4 Å². The highest BCUT2D eigenvalue weighted by Crippen LogP contribution is 2.18. The highest BCUT2D eigenvalue weighted by Gasteiger charge is 2.27. The molecule has 0 radical (unpaired) electrons. The molecule has 0 aliphatic carbocycles. The van der Waals surface area contributed by atoms with Crippen molar-refractivity contribution in [2.45, 2.75) is 26.3 Å². The van der Waals surface area contributed by atoms with Crippen molar-refractivity contribution in [2.24, 2.45) is 0 Å². The fourth-order valence-corrected chi connectivity index (χ4v) is 1.68. The van der Waals surface area contributed by atoms with Gasteiger partial charge in [-0.3, -0.25) is 19.9 Å². The molecule has 1 aromatic rings. The number of hydrogen-bond donors (Lipinski definition) is 1. The number of non-ortho nitro benzene ring substituents is 1. The van der Waals surface area contributed by atoms with Crippen LogP contribution in [0.4, 0.5) is 5.69 Å². The molecule has 0 bridgehead atoms. The third kappa shape index (κ3) is 3.18. The molecule has 0 aromatic heterocycles. The first-order chi connectivity index (χ1) is 8.27. The van der Waals surface area contributed by atoms with Crippen LogP contribution in [0, 0.1) is 10.1 Å². The van der Waals surface area contributed by atoms with Gasteiger partial charge in [0.2, 0.25) is 0 Å². The highest BCUT2D eigenvalue weighted by molar-refractivity contribution is 6.14. The van der Waals surface area contributed by atoms with Crippen molar-refractivity contribution in [3.8, 4) is 0 Å². The Bertz CT molecular complexity index is 471. The zero-order valence-corrected chi connectivity index (χ0v) is 11.1. The summed E-state index contributed by atoms with van der Waals surface area (Å²) in [5.41, 5.74) is -0.486. The lowest BCUT2D eigenvalue weighted by atomic mass is 10.1. The van der Waals surface area contributed by atoms with Crippen LogP contribution in [0.3, 0.4) is 0 Å². The molecule has 1 amide bonds. The van der Waals surface area contributed by atoms with E-state index < -0.39 is 16.4 Å². The monoisotopic (exact) mass is 271 g/mol. The van der Waals surface area contributed by atoms with E-state index in [-0.39, 0.29) is 11.3 Å². The van der Waals surface area contributed by atoms with Gasteiger partial charge in [-0.15, -0.1) is 4.94 Å². The maximum absolute atomic E-state index is 12.2. The minimum absolute atomic E-state index is 0.135. The first kappa shape index (κ1) is 14.4. The minimum atomic E-state index is -0.552. The van der Waals surface area contributed by atoms with Crippen LogP contribution in [0.5, 0.6) is 0 Å². The van der Waals surface area contributed by atoms with Crippen molar-refractivity contribution in [3.05, 3.63) is 39.9 Å². The Labute approximate surface area is 110 Å². The lowest BCUT2D eigenvalue weighted by molar-refractivity contribution is -0.384. The van der Waals surface area contributed by atoms with Gasteiger partial charge in [0.25, 0.3) is 11.6 Å². The third-order valence-corrected chi connectivity index (χ3v) is 2.43. The van der Waals surface area contributed by atoms with Crippen LogP contribution in [0.25, 0.3) is 0 Å². The number of benzene rings is 1. The molecule has 18 heavy (non-hydrogen) atoms. The molecule has 98 valence electrons. The van der Waals surface area contributed by atoms with Crippen LogP contribution in [0.15, 0.2) is 24.3 Å². The third-order valence-electron chi connectivity index (χ3n) is 2.26. The number of amides is 1. The molecule has 6 nitrogen and oxygen atoms in total. The number of halogens is 1. The number of hydrazine groups is 1. The van der Waals surface area contributed by atoms with Gasteiger partial charge in [-0.1, -0.05) is 6.07 Å². The topological polar surface area (TPSA) is 75.5 Å². The lowest BCUT2D eigenvalue weighted by Gasteiger charge is -2.33. The highest BCUT2D eigenvalue weighted by atomic mass is 35.5. The molecule has 0 atom stereocenters. The number of nitro benzene ring substituents is 1. The second-order valence-corrected chi connectivity index (χ2v) is 4.87. The maximum Gasteiger partial charge on any atom is 0.270 e. The molecule has 0 saturated carbocycles. The Kier molecular flexibility index (Phi) is 4.26. The number of hydrogen-bond acceptors (Lipinski definition) is 4. The first-order valence-electron chi connectivity index (χ1n) is 5.22. The van der Waals surface area contributed by atoms with Crippen LogP contribution in [0.1, 0.15) is 31.1 Å². The second kappa shape index (κ2) is 5.32. The zero-order chi connectivity index (χ0) is 13.9. The normalized spacial score (nSPS) is 11.1. The maximum atomic E-state index is 12.2. The fraction of sp³-hybridized carbons (Fsp3) is 0.364. The smallest absolute Gasteiger partial charge is 0.268 e. The molecule has 0 aliphatic heterocycles. The molecule has 1 aromatic carbocycles. The van der Waals surface area contributed by atoms with Gasteiger partial charge in [0.15, 0.2) is 0 Å². The standard InChI is InChI=1S/C11H14ClN3O3/c1-11(2,3)14(13-12)10(16)8-5-4-6-9(7-8)15(17)18/h4-7,13H,1-3H3. The largest absolute Gasteiger partial charge is 0.270 e. The molecule has 7 heteroatoms. The average Bonchev–Trinajstić information content (AvgIpc) is 2.28. The first-order valence-corrected chi connectivity index (χ1v) is 5.60. The van der Waals surface area contributed by atoms with E-state index in [9.17, 15) is 14.9 Å². The van der Waals surface area contributed by atoms with Gasteiger partial charge in [0, 0.05) is 17.7 Å². The van der Waals surface area contributed by atoms with Crippen LogP contribution in [-0.2, 0) is 0 Å². The number of rotatable bonds is 3. The molecule has 0 heterocycles. The van der Waals surface area contributed by atoms with Crippen molar-refractivity contribution in [1.29, 1.82) is 0 Å². The van der Waals surface area contributed by atoms with Gasteiger partial charge < -0.3 is 0 Å². The average molecular weight is 272 g/mol. The number of carbonyl (C=O) groups excluding carboxylic acids is 1. The van der Waals surface area contributed by atoms with E-state index in [0.29, 0.717) is 0 Å². The van der Waals surface area contributed by atoms with E-state index in [1.807, 2.05) is 0 Å². The summed E-state index contributed by atoms with van der Waals surface area (Å²) in [6, 6.07) is 5.50. The summed E-state index contributed by atoms with van der Waals surface area (Å²) in [5.74, 6) is -0.429. The second-order valence-electron chi connectivity index (χ2n) is 4.70. The van der Waals surface area contributed by atoms with Gasteiger partial charge in [0.05, 0.1) is 10.5 Å². The van der Waals surface area contributed by atoms with Crippen LogP contribution >= 0.6 is 11.8 Å². The SMILES string of the molecule is CC(C)(C)N(NCl)C(=O)c1cccc([N+](=O)[O-])c1. The van der Waals surface area contributed by atoms with E-state index in [1.54, 1.807) is 20.8 Å². The minimum Gasteiger partial charge on any atom is -0.268 e. The Balaban J connectivity index is 3.10. The molecular formula is C11H14ClN3O3. The van der Waals surface area contributed by atoms with E-state index >= 15 is 0 Å².